The Morgan fingerprint density at radius 3 is 2.79 bits per heavy atom. The van der Waals surface area contributed by atoms with Gasteiger partial charge in [-0.1, -0.05) is 26.2 Å². The largest absolute Gasteiger partial charge is 0.383 e. The number of nitro benzene ring substituents is 1. The van der Waals surface area contributed by atoms with Crippen LogP contribution in [0.2, 0.25) is 0 Å². The summed E-state index contributed by atoms with van der Waals surface area (Å²) in [6, 6.07) is 6.71. The maximum Gasteiger partial charge on any atom is 0.287 e. The van der Waals surface area contributed by atoms with E-state index in [-0.39, 0.29) is 11.3 Å². The zero-order valence-electron chi connectivity index (χ0n) is 11.3. The van der Waals surface area contributed by atoms with Crippen LogP contribution in [0, 0.1) is 21.4 Å². The Morgan fingerprint density at radius 2 is 2.21 bits per heavy atom. The Morgan fingerprint density at radius 1 is 1.47 bits per heavy atom. The summed E-state index contributed by atoms with van der Waals surface area (Å²) in [7, 11) is 0. The van der Waals surface area contributed by atoms with Gasteiger partial charge >= 0.3 is 0 Å². The van der Waals surface area contributed by atoms with Crippen molar-refractivity contribution >= 4 is 11.4 Å². The van der Waals surface area contributed by atoms with Crippen molar-refractivity contribution in [3.05, 3.63) is 33.9 Å². The molecule has 1 unspecified atom stereocenters. The van der Waals surface area contributed by atoms with Crippen LogP contribution in [0.15, 0.2) is 18.2 Å². The summed E-state index contributed by atoms with van der Waals surface area (Å²) in [6.07, 6.45) is 4.59. The minimum atomic E-state index is -0.535. The van der Waals surface area contributed by atoms with Gasteiger partial charge in [0.1, 0.15) is 11.6 Å². The first-order chi connectivity index (χ1) is 9.08. The number of nitrogens with one attached hydrogen (secondary N) is 1. The molecule has 0 fully saturated rings. The molecule has 0 saturated heterocycles. The molecule has 0 saturated carbocycles. The standard InChI is InChI=1S/C14H19N3O2/c1-3-4-5-6-11(2)16-13-7-8-14(17(18)19)12(9-13)10-15/h7-9,11,16H,3-6H2,1-2H3. The van der Waals surface area contributed by atoms with Crippen LogP contribution < -0.4 is 5.32 Å². The zero-order chi connectivity index (χ0) is 14.3. The van der Waals surface area contributed by atoms with E-state index in [1.54, 1.807) is 6.07 Å². The number of hydrogen-bond acceptors (Lipinski definition) is 4. The van der Waals surface area contributed by atoms with Gasteiger partial charge in [0.2, 0.25) is 0 Å². The van der Waals surface area contributed by atoms with Gasteiger partial charge in [0.25, 0.3) is 5.69 Å². The molecule has 1 aromatic carbocycles. The van der Waals surface area contributed by atoms with E-state index in [9.17, 15) is 10.1 Å². The number of benzene rings is 1. The van der Waals surface area contributed by atoms with Crippen LogP contribution in [0.5, 0.6) is 0 Å². The quantitative estimate of drug-likeness (QED) is 0.459. The maximum absolute atomic E-state index is 10.7. The van der Waals surface area contributed by atoms with E-state index in [1.165, 1.54) is 25.0 Å². The minimum absolute atomic E-state index is 0.0933. The summed E-state index contributed by atoms with van der Waals surface area (Å²) in [5.74, 6) is 0. The Hall–Kier alpha value is -2.09. The van der Waals surface area contributed by atoms with E-state index in [4.69, 9.17) is 5.26 Å². The molecule has 0 amide bonds. The molecular formula is C14H19N3O2. The summed E-state index contributed by atoms with van der Waals surface area (Å²) >= 11 is 0. The average Bonchev–Trinajstić information content (AvgIpc) is 2.38. The highest BCUT2D eigenvalue weighted by molar-refractivity contribution is 5.58. The lowest BCUT2D eigenvalue weighted by Crippen LogP contribution is -2.15. The van der Waals surface area contributed by atoms with Gasteiger partial charge in [0.05, 0.1) is 4.92 Å². The summed E-state index contributed by atoms with van der Waals surface area (Å²) in [6.45, 7) is 4.23. The first-order valence-corrected chi connectivity index (χ1v) is 6.53. The van der Waals surface area contributed by atoms with Crippen molar-refractivity contribution in [2.24, 2.45) is 0 Å². The second-order valence-electron chi connectivity index (χ2n) is 4.64. The molecule has 19 heavy (non-hydrogen) atoms. The van der Waals surface area contributed by atoms with Gasteiger partial charge in [-0.05, 0) is 25.5 Å². The minimum Gasteiger partial charge on any atom is -0.383 e. The summed E-state index contributed by atoms with van der Waals surface area (Å²) in [5.41, 5.74) is 0.702. The van der Waals surface area contributed by atoms with Crippen LogP contribution in [-0.2, 0) is 0 Å². The van der Waals surface area contributed by atoms with Gasteiger partial charge in [0, 0.05) is 17.8 Å². The smallest absolute Gasteiger partial charge is 0.287 e. The predicted octanol–water partition coefficient (Wildman–Crippen LogP) is 3.85. The van der Waals surface area contributed by atoms with E-state index in [2.05, 4.69) is 19.2 Å². The van der Waals surface area contributed by atoms with Crippen molar-refractivity contribution in [2.45, 2.75) is 45.6 Å². The van der Waals surface area contributed by atoms with Gasteiger partial charge in [-0.25, -0.2) is 0 Å². The second kappa shape index (κ2) is 7.37. The predicted molar refractivity (Wildman–Crippen MR) is 75.0 cm³/mol. The van der Waals surface area contributed by atoms with Crippen molar-refractivity contribution in [1.29, 1.82) is 5.26 Å². The Kier molecular flexibility index (Phi) is 5.80. The molecule has 0 aliphatic rings. The lowest BCUT2D eigenvalue weighted by atomic mass is 10.1. The lowest BCUT2D eigenvalue weighted by Gasteiger charge is -2.15. The van der Waals surface area contributed by atoms with Gasteiger partial charge < -0.3 is 5.32 Å². The second-order valence-corrected chi connectivity index (χ2v) is 4.64. The summed E-state index contributed by atoms with van der Waals surface area (Å²) < 4.78 is 0. The third-order valence-corrected chi connectivity index (χ3v) is 2.97. The molecule has 1 N–H and O–H groups in total. The van der Waals surface area contributed by atoms with Crippen molar-refractivity contribution in [1.82, 2.24) is 0 Å². The van der Waals surface area contributed by atoms with E-state index < -0.39 is 4.92 Å². The fourth-order valence-electron chi connectivity index (χ4n) is 1.93. The first-order valence-electron chi connectivity index (χ1n) is 6.53. The van der Waals surface area contributed by atoms with Crippen LogP contribution in [0.25, 0.3) is 0 Å². The number of nitrogens with zero attached hydrogens (tertiary/aromatic N) is 2. The molecule has 1 aromatic rings. The normalized spacial score (nSPS) is 11.6. The summed E-state index contributed by atoms with van der Waals surface area (Å²) in [5, 5.41) is 22.9. The molecule has 0 radical (unpaired) electrons. The van der Waals surface area contributed by atoms with E-state index in [0.29, 0.717) is 6.04 Å². The van der Waals surface area contributed by atoms with Crippen LogP contribution in [0.1, 0.15) is 45.1 Å². The van der Waals surface area contributed by atoms with Crippen LogP contribution in [-0.4, -0.2) is 11.0 Å². The number of anilines is 1. The fourth-order valence-corrected chi connectivity index (χ4v) is 1.93. The number of rotatable bonds is 7. The molecule has 5 nitrogen and oxygen atoms in total. The number of nitriles is 1. The van der Waals surface area contributed by atoms with Crippen molar-refractivity contribution in [2.75, 3.05) is 5.32 Å². The van der Waals surface area contributed by atoms with Crippen molar-refractivity contribution in [3.63, 3.8) is 0 Å². The maximum atomic E-state index is 10.7. The molecule has 0 aliphatic heterocycles. The zero-order valence-corrected chi connectivity index (χ0v) is 11.3. The van der Waals surface area contributed by atoms with Gasteiger partial charge in [0.15, 0.2) is 0 Å². The fraction of sp³-hybridized carbons (Fsp3) is 0.500. The SMILES string of the molecule is CCCCCC(C)Nc1ccc([N+](=O)[O-])c(C#N)c1. The topological polar surface area (TPSA) is 79.0 Å². The molecule has 102 valence electrons. The van der Waals surface area contributed by atoms with Gasteiger partial charge in [-0.15, -0.1) is 0 Å². The Balaban J connectivity index is 2.70. The summed E-state index contributed by atoms with van der Waals surface area (Å²) in [4.78, 5) is 10.2. The third kappa shape index (κ3) is 4.59. The third-order valence-electron chi connectivity index (χ3n) is 2.97. The van der Waals surface area contributed by atoms with E-state index in [1.807, 2.05) is 6.07 Å². The van der Waals surface area contributed by atoms with E-state index >= 15 is 0 Å². The number of unbranched alkanes of at least 4 members (excludes halogenated alkanes) is 2. The van der Waals surface area contributed by atoms with Crippen LogP contribution in [0.3, 0.4) is 0 Å². The Bertz CT molecular complexity index is 480. The lowest BCUT2D eigenvalue weighted by molar-refractivity contribution is -0.385. The Labute approximate surface area is 113 Å². The molecule has 0 bridgehead atoms. The molecule has 0 heterocycles. The molecule has 0 spiro atoms. The highest BCUT2D eigenvalue weighted by atomic mass is 16.6. The molecule has 1 rings (SSSR count). The molecular weight excluding hydrogens is 242 g/mol. The van der Waals surface area contributed by atoms with Crippen LogP contribution in [0.4, 0.5) is 11.4 Å². The molecule has 0 aromatic heterocycles. The number of hydrogen-bond donors (Lipinski definition) is 1. The highest BCUT2D eigenvalue weighted by Crippen LogP contribution is 2.22. The van der Waals surface area contributed by atoms with Gasteiger partial charge in [-0.3, -0.25) is 10.1 Å². The monoisotopic (exact) mass is 261 g/mol. The van der Waals surface area contributed by atoms with E-state index in [0.717, 1.165) is 18.5 Å². The highest BCUT2D eigenvalue weighted by Gasteiger charge is 2.14. The molecule has 0 aliphatic carbocycles. The van der Waals surface area contributed by atoms with Gasteiger partial charge in [-0.2, -0.15) is 5.26 Å². The van der Waals surface area contributed by atoms with Crippen molar-refractivity contribution < 1.29 is 4.92 Å². The van der Waals surface area contributed by atoms with Crippen molar-refractivity contribution in [3.8, 4) is 6.07 Å². The number of nitro groups is 1. The molecule has 5 heteroatoms. The van der Waals surface area contributed by atoms with Crippen LogP contribution >= 0.6 is 0 Å². The molecule has 1 atom stereocenters. The average molecular weight is 261 g/mol. The first kappa shape index (κ1) is 15.0.